The normalized spacial score (nSPS) is 12.2. The molecule has 0 heterocycles. The van der Waals surface area contributed by atoms with Crippen LogP contribution >= 0.6 is 0 Å². The first-order chi connectivity index (χ1) is 3.31. The summed E-state index contributed by atoms with van der Waals surface area (Å²) in [5.41, 5.74) is 0. The molecule has 3 N–H and O–H groups in total. The lowest BCUT2D eigenvalue weighted by molar-refractivity contribution is 0.0126. The Kier molecular flexibility index (Phi) is 9.53. The van der Waals surface area contributed by atoms with Gasteiger partial charge in [-0.05, 0) is 10.9 Å². The lowest BCUT2D eigenvalue weighted by atomic mass is 10.6. The van der Waals surface area contributed by atoms with Crippen molar-refractivity contribution < 1.29 is 13.1 Å². The van der Waals surface area contributed by atoms with Crippen molar-refractivity contribution in [2.45, 2.75) is 13.3 Å². The van der Waals surface area contributed by atoms with Crippen molar-refractivity contribution in [3.05, 3.63) is 0 Å². The van der Waals surface area contributed by atoms with E-state index in [1.807, 2.05) is 0 Å². The number of hydrogen-bond acceptors (Lipinski definition) is 3. The Labute approximate surface area is 50.4 Å². The van der Waals surface area contributed by atoms with E-state index >= 15 is 0 Å². The lowest BCUT2D eigenvalue weighted by Crippen LogP contribution is -1.93. The van der Waals surface area contributed by atoms with Crippen LogP contribution in [-0.2, 0) is 15.5 Å². The fraction of sp³-hybridized carbons (Fsp3) is 1.00. The summed E-state index contributed by atoms with van der Waals surface area (Å²) in [5, 5.41) is 0. The van der Waals surface area contributed by atoms with E-state index in [1.54, 1.807) is 6.92 Å². The van der Waals surface area contributed by atoms with E-state index in [0.717, 1.165) is 0 Å². The Balaban J connectivity index is 0. The zero-order valence-corrected chi connectivity index (χ0v) is 5.54. The van der Waals surface area contributed by atoms with Crippen molar-refractivity contribution in [3.8, 4) is 0 Å². The van der Waals surface area contributed by atoms with Crippen LogP contribution in [0.4, 0.5) is 4.53 Å². The second-order valence-electron chi connectivity index (χ2n) is 1.07. The Hall–Kier alpha value is -0.0000000000000000486. The second-order valence-corrected chi connectivity index (χ2v) is 2.21. The summed E-state index contributed by atoms with van der Waals surface area (Å²) in [6, 6.07) is 0. The van der Waals surface area contributed by atoms with Gasteiger partial charge in [-0.25, -0.2) is 4.21 Å². The molecule has 1 unspecified atom stereocenters. The minimum Gasteiger partial charge on any atom is -0.344 e. The minimum absolute atomic E-state index is 0. The molecular formula is C3H10FNO2S. The van der Waals surface area contributed by atoms with Crippen molar-refractivity contribution in [2.24, 2.45) is 0 Å². The Bertz CT molecular complexity index is 70.3. The van der Waals surface area contributed by atoms with E-state index in [4.69, 9.17) is 0 Å². The molecule has 0 radical (unpaired) electrons. The van der Waals surface area contributed by atoms with Gasteiger partial charge in [0.15, 0.2) is 11.1 Å². The van der Waals surface area contributed by atoms with Gasteiger partial charge < -0.3 is 6.15 Å². The molecule has 52 valence electrons. The number of hydrogen-bond donors (Lipinski definition) is 1. The quantitative estimate of drug-likeness (QED) is 0.644. The molecule has 0 rings (SSSR count). The summed E-state index contributed by atoms with van der Waals surface area (Å²) in [6.45, 7) is 1.80. The molecule has 0 aromatic rings. The van der Waals surface area contributed by atoms with Gasteiger partial charge in [-0.3, -0.25) is 0 Å². The van der Waals surface area contributed by atoms with E-state index in [-0.39, 0.29) is 11.9 Å². The Morgan fingerprint density at radius 2 is 2.25 bits per heavy atom. The molecule has 0 amide bonds. The van der Waals surface area contributed by atoms with Crippen molar-refractivity contribution in [3.63, 3.8) is 0 Å². The molecular weight excluding hydrogens is 133 g/mol. The molecule has 0 bridgehead atoms. The van der Waals surface area contributed by atoms with Crippen LogP contribution in [0.15, 0.2) is 0 Å². The van der Waals surface area contributed by atoms with Gasteiger partial charge in [0, 0.05) is 0 Å². The maximum absolute atomic E-state index is 10.8. The van der Waals surface area contributed by atoms with E-state index in [2.05, 4.69) is 4.39 Å². The highest BCUT2D eigenvalue weighted by Crippen LogP contribution is 1.87. The van der Waals surface area contributed by atoms with Gasteiger partial charge in [-0.15, -0.1) is 0 Å². The average molecular weight is 143 g/mol. The third-order valence-electron chi connectivity index (χ3n) is 0.441. The van der Waals surface area contributed by atoms with E-state index < -0.39 is 11.1 Å². The SMILES string of the molecule is CCCS(=O)OF.N. The highest BCUT2D eigenvalue weighted by atomic mass is 32.2. The lowest BCUT2D eigenvalue weighted by Gasteiger charge is -1.85. The molecule has 3 nitrogen and oxygen atoms in total. The topological polar surface area (TPSA) is 61.3 Å². The summed E-state index contributed by atoms with van der Waals surface area (Å²) in [5.74, 6) is 0.274. The fourth-order valence-corrected chi connectivity index (χ4v) is 0.594. The minimum atomic E-state index is -1.69. The molecule has 0 aliphatic rings. The summed E-state index contributed by atoms with van der Waals surface area (Å²) in [4.78, 5) is 0. The summed E-state index contributed by atoms with van der Waals surface area (Å²) in [6.07, 6.45) is 0.677. The van der Waals surface area contributed by atoms with Crippen LogP contribution < -0.4 is 6.15 Å². The van der Waals surface area contributed by atoms with E-state index in [9.17, 15) is 8.74 Å². The largest absolute Gasteiger partial charge is 0.344 e. The second kappa shape index (κ2) is 7.00. The van der Waals surface area contributed by atoms with E-state index in [1.165, 1.54) is 0 Å². The molecule has 8 heavy (non-hydrogen) atoms. The smallest absolute Gasteiger partial charge is 0.192 e. The first kappa shape index (κ1) is 10.9. The molecule has 0 saturated heterocycles. The van der Waals surface area contributed by atoms with E-state index in [0.29, 0.717) is 6.42 Å². The zero-order chi connectivity index (χ0) is 5.70. The van der Waals surface area contributed by atoms with Gasteiger partial charge in [0.25, 0.3) is 0 Å². The first-order valence-corrected chi connectivity index (χ1v) is 3.23. The number of rotatable bonds is 3. The molecule has 0 fully saturated rings. The molecule has 0 aliphatic heterocycles. The molecule has 0 aromatic carbocycles. The third kappa shape index (κ3) is 6.00. The van der Waals surface area contributed by atoms with Crippen LogP contribution in [0.3, 0.4) is 0 Å². The fourth-order valence-electron chi connectivity index (χ4n) is 0.198. The standard InChI is InChI=1S/C3H7FO2S.H3N/c1-2-3-7(5)6-4;/h2-3H2,1H3;1H3. The van der Waals surface area contributed by atoms with Gasteiger partial charge in [0.05, 0.1) is 5.75 Å². The third-order valence-corrected chi connectivity index (χ3v) is 1.32. The molecule has 5 heteroatoms. The molecule has 0 spiro atoms. The molecule has 0 aromatic heterocycles. The summed E-state index contributed by atoms with van der Waals surface area (Å²) >= 11 is -1.69. The van der Waals surface area contributed by atoms with Gasteiger partial charge in [-0.2, -0.15) is 0 Å². The van der Waals surface area contributed by atoms with Gasteiger partial charge in [0.1, 0.15) is 0 Å². The summed E-state index contributed by atoms with van der Waals surface area (Å²) < 4.78 is 23.7. The van der Waals surface area contributed by atoms with Crippen molar-refractivity contribution in [1.82, 2.24) is 6.15 Å². The Morgan fingerprint density at radius 3 is 2.38 bits per heavy atom. The van der Waals surface area contributed by atoms with Crippen LogP contribution in [0, 0.1) is 0 Å². The van der Waals surface area contributed by atoms with Crippen LogP contribution in [0.1, 0.15) is 13.3 Å². The Morgan fingerprint density at radius 1 is 1.75 bits per heavy atom. The maximum atomic E-state index is 10.8. The van der Waals surface area contributed by atoms with Gasteiger partial charge in [-0.1, -0.05) is 11.3 Å². The van der Waals surface area contributed by atoms with Crippen LogP contribution in [0.2, 0.25) is 0 Å². The van der Waals surface area contributed by atoms with Crippen molar-refractivity contribution in [2.75, 3.05) is 5.75 Å². The zero-order valence-electron chi connectivity index (χ0n) is 4.72. The maximum Gasteiger partial charge on any atom is 0.192 e. The van der Waals surface area contributed by atoms with Crippen molar-refractivity contribution in [1.29, 1.82) is 0 Å². The monoisotopic (exact) mass is 143 g/mol. The van der Waals surface area contributed by atoms with Crippen LogP contribution in [0.25, 0.3) is 0 Å². The molecule has 1 atom stereocenters. The average Bonchev–Trinajstić information content (AvgIpc) is 1.68. The predicted octanol–water partition coefficient (Wildman–Crippen LogP) is 1.12. The summed E-state index contributed by atoms with van der Waals surface area (Å²) in [7, 11) is 0. The predicted molar refractivity (Wildman–Crippen MR) is 30.5 cm³/mol. The van der Waals surface area contributed by atoms with Gasteiger partial charge in [0.2, 0.25) is 0 Å². The van der Waals surface area contributed by atoms with Crippen LogP contribution in [0.5, 0.6) is 0 Å². The molecule has 0 saturated carbocycles. The van der Waals surface area contributed by atoms with Crippen molar-refractivity contribution >= 4 is 11.1 Å². The first-order valence-electron chi connectivity index (χ1n) is 1.98. The highest BCUT2D eigenvalue weighted by molar-refractivity contribution is 7.80. The number of halogens is 1. The van der Waals surface area contributed by atoms with Gasteiger partial charge >= 0.3 is 0 Å². The van der Waals surface area contributed by atoms with Crippen LogP contribution in [-0.4, -0.2) is 9.96 Å². The highest BCUT2D eigenvalue weighted by Gasteiger charge is 1.93. The molecule has 0 aliphatic carbocycles.